The number of benzene rings is 1. The van der Waals surface area contributed by atoms with E-state index in [1.807, 2.05) is 42.5 Å². The summed E-state index contributed by atoms with van der Waals surface area (Å²) < 4.78 is 8.96. The summed E-state index contributed by atoms with van der Waals surface area (Å²) in [5, 5.41) is 4.06. The van der Waals surface area contributed by atoms with E-state index in [1.165, 1.54) is 0 Å². The second-order valence-electron chi connectivity index (χ2n) is 6.80. The van der Waals surface area contributed by atoms with Crippen molar-refractivity contribution < 1.29 is 4.52 Å². The highest BCUT2D eigenvalue weighted by Crippen LogP contribution is 2.39. The van der Waals surface area contributed by atoms with Gasteiger partial charge in [0.15, 0.2) is 0 Å². The average Bonchev–Trinajstić information content (AvgIpc) is 3.17. The van der Waals surface area contributed by atoms with E-state index in [2.05, 4.69) is 15.1 Å². The third-order valence-corrected chi connectivity index (χ3v) is 4.69. The second-order valence-corrected chi connectivity index (χ2v) is 6.80. The van der Waals surface area contributed by atoms with Crippen LogP contribution in [-0.2, 0) is 0 Å². The number of aromatic nitrogens is 5. The maximum atomic E-state index is 13.2. The Morgan fingerprint density at radius 1 is 1.24 bits per heavy atom. The molecule has 5 rings (SSSR count). The van der Waals surface area contributed by atoms with Crippen molar-refractivity contribution in [2.75, 3.05) is 0 Å². The zero-order chi connectivity index (χ0) is 17.1. The van der Waals surface area contributed by atoms with Crippen molar-refractivity contribution in [3.05, 3.63) is 46.8 Å². The van der Waals surface area contributed by atoms with Crippen LogP contribution in [0.1, 0.15) is 44.5 Å². The second kappa shape index (κ2) is 5.02. The molecule has 4 aromatic rings. The van der Waals surface area contributed by atoms with Crippen LogP contribution in [0, 0.1) is 0 Å². The predicted octanol–water partition coefficient (Wildman–Crippen LogP) is 3.16. The Balaban J connectivity index is 1.85. The zero-order valence-electron chi connectivity index (χ0n) is 14.0. The van der Waals surface area contributed by atoms with Crippen LogP contribution in [0.3, 0.4) is 0 Å². The Bertz CT molecular complexity index is 1160. The maximum Gasteiger partial charge on any atom is 0.278 e. The molecule has 126 valence electrons. The normalized spacial score (nSPS) is 14.8. The summed E-state index contributed by atoms with van der Waals surface area (Å²) in [7, 11) is 0. The van der Waals surface area contributed by atoms with Crippen molar-refractivity contribution in [2.24, 2.45) is 0 Å². The van der Waals surface area contributed by atoms with Gasteiger partial charge in [0.25, 0.3) is 5.56 Å². The summed E-state index contributed by atoms with van der Waals surface area (Å²) in [5.41, 5.74) is 2.66. The van der Waals surface area contributed by atoms with Gasteiger partial charge in [-0.15, -0.1) is 0 Å². The standard InChI is InChI=1S/C18H17N5O2/c1-10(2)23-13-6-4-3-5-12(13)22-9-19-14(15(22)18(23)24)16-20-17(25-21-16)11-7-8-11/h3-6,9-11H,7-8H2,1-2H3/i17+2. The zero-order valence-corrected chi connectivity index (χ0v) is 14.0. The topological polar surface area (TPSA) is 78.2 Å². The molecule has 1 fully saturated rings. The molecule has 3 aromatic heterocycles. The van der Waals surface area contributed by atoms with Crippen LogP contribution in [0.15, 0.2) is 39.9 Å². The van der Waals surface area contributed by atoms with Crippen LogP contribution in [0.4, 0.5) is 0 Å². The Kier molecular flexibility index (Phi) is 2.89. The van der Waals surface area contributed by atoms with Crippen LogP contribution in [0.2, 0.25) is 0 Å². The molecule has 7 heteroatoms. The smallest absolute Gasteiger partial charge is 0.278 e. The van der Waals surface area contributed by atoms with Crippen molar-refractivity contribution in [3.8, 4) is 11.5 Å². The van der Waals surface area contributed by atoms with Crippen molar-refractivity contribution in [1.82, 2.24) is 24.1 Å². The Morgan fingerprint density at radius 3 is 2.72 bits per heavy atom. The molecule has 0 saturated heterocycles. The minimum absolute atomic E-state index is 0.0254. The quantitative estimate of drug-likeness (QED) is 0.574. The van der Waals surface area contributed by atoms with Crippen LogP contribution in [0.5, 0.6) is 0 Å². The van der Waals surface area contributed by atoms with Gasteiger partial charge in [0, 0.05) is 12.0 Å². The lowest BCUT2D eigenvalue weighted by atomic mass is 10.2. The highest BCUT2D eigenvalue weighted by Gasteiger charge is 2.30. The molecule has 1 aromatic carbocycles. The van der Waals surface area contributed by atoms with Crippen molar-refractivity contribution in [2.45, 2.75) is 38.6 Å². The van der Waals surface area contributed by atoms with E-state index in [-0.39, 0.29) is 11.6 Å². The molecule has 7 nitrogen and oxygen atoms in total. The van der Waals surface area contributed by atoms with E-state index in [1.54, 1.807) is 10.9 Å². The predicted molar refractivity (Wildman–Crippen MR) is 92.6 cm³/mol. The number of nitrogens with zero attached hydrogens (tertiary/aromatic N) is 5. The number of imidazole rings is 1. The largest absolute Gasteiger partial charge is 0.339 e. The molecule has 0 atom stereocenters. The van der Waals surface area contributed by atoms with E-state index in [4.69, 9.17) is 4.52 Å². The molecule has 0 unspecified atom stereocenters. The summed E-state index contributed by atoms with van der Waals surface area (Å²) >= 11 is 0. The number of fused-ring (bicyclic) bond motifs is 3. The number of hydrogen-bond donors (Lipinski definition) is 0. The third kappa shape index (κ3) is 2.05. The first kappa shape index (κ1) is 14.4. The van der Waals surface area contributed by atoms with E-state index in [0.29, 0.717) is 28.8 Å². The van der Waals surface area contributed by atoms with Gasteiger partial charge >= 0.3 is 0 Å². The van der Waals surface area contributed by atoms with Crippen LogP contribution >= 0.6 is 0 Å². The highest BCUT2D eigenvalue weighted by atomic mass is 16.6. The lowest BCUT2D eigenvalue weighted by molar-refractivity contribution is 0.380. The number of hydrogen-bond acceptors (Lipinski definition) is 5. The summed E-state index contributed by atoms with van der Waals surface area (Å²) in [6.45, 7) is 4.00. The fourth-order valence-electron chi connectivity index (χ4n) is 3.33. The SMILES string of the molecule is CC(C)n1c(=O)c2c(-c3no[14c](C4CC4)n3)ncn2c2ccccc21. The molecule has 0 amide bonds. The van der Waals surface area contributed by atoms with Gasteiger partial charge in [0.1, 0.15) is 17.5 Å². The first-order chi connectivity index (χ1) is 12.1. The molecule has 0 bridgehead atoms. The molecule has 25 heavy (non-hydrogen) atoms. The summed E-state index contributed by atoms with van der Waals surface area (Å²) in [5.74, 6) is 1.39. The molecule has 0 radical (unpaired) electrons. The third-order valence-electron chi connectivity index (χ3n) is 4.69. The van der Waals surface area contributed by atoms with E-state index in [9.17, 15) is 4.79 Å². The van der Waals surface area contributed by atoms with Gasteiger partial charge in [-0.25, -0.2) is 4.98 Å². The molecule has 1 saturated carbocycles. The van der Waals surface area contributed by atoms with Gasteiger partial charge in [-0.3, -0.25) is 9.20 Å². The van der Waals surface area contributed by atoms with E-state index >= 15 is 0 Å². The fraction of sp³-hybridized carbons (Fsp3) is 0.333. The molecule has 0 N–H and O–H groups in total. The van der Waals surface area contributed by atoms with Crippen LogP contribution < -0.4 is 5.56 Å². The molecule has 1 aliphatic rings. The van der Waals surface area contributed by atoms with Crippen LogP contribution in [0.25, 0.3) is 28.1 Å². The highest BCUT2D eigenvalue weighted by molar-refractivity contribution is 5.83. The minimum Gasteiger partial charge on any atom is -0.339 e. The van der Waals surface area contributed by atoms with E-state index < -0.39 is 0 Å². The van der Waals surface area contributed by atoms with Crippen molar-refractivity contribution in [3.63, 3.8) is 0 Å². The summed E-state index contributed by atoms with van der Waals surface area (Å²) in [4.78, 5) is 22.1. The Labute approximate surface area is 142 Å². The van der Waals surface area contributed by atoms with Crippen molar-refractivity contribution in [1.29, 1.82) is 0 Å². The first-order valence-electron chi connectivity index (χ1n) is 8.49. The summed E-state index contributed by atoms with van der Waals surface area (Å²) in [6.07, 6.45) is 3.82. The van der Waals surface area contributed by atoms with Crippen molar-refractivity contribution >= 4 is 16.6 Å². The lowest BCUT2D eigenvalue weighted by Crippen LogP contribution is -2.24. The average molecular weight is 337 g/mol. The lowest BCUT2D eigenvalue weighted by Gasteiger charge is -2.15. The van der Waals surface area contributed by atoms with Crippen LogP contribution in [-0.4, -0.2) is 24.1 Å². The monoisotopic (exact) mass is 337 g/mol. The summed E-state index contributed by atoms with van der Waals surface area (Å²) in [6, 6.07) is 7.85. The Hall–Kier alpha value is -2.96. The molecule has 1 aliphatic carbocycles. The van der Waals surface area contributed by atoms with Gasteiger partial charge in [0.2, 0.25) is 11.7 Å². The Morgan fingerprint density at radius 2 is 2.00 bits per heavy atom. The first-order valence-corrected chi connectivity index (χ1v) is 8.49. The van der Waals surface area contributed by atoms with E-state index in [0.717, 1.165) is 23.9 Å². The fourth-order valence-corrected chi connectivity index (χ4v) is 3.33. The van der Waals surface area contributed by atoms with Gasteiger partial charge in [-0.2, -0.15) is 4.98 Å². The molecule has 3 heterocycles. The number of rotatable bonds is 3. The van der Waals surface area contributed by atoms with Gasteiger partial charge in [-0.05, 0) is 38.8 Å². The minimum atomic E-state index is -0.0982. The van der Waals surface area contributed by atoms with Gasteiger partial charge in [-0.1, -0.05) is 17.3 Å². The molecular formula is C18H17N5O2. The maximum absolute atomic E-state index is 13.2. The molecule has 0 spiro atoms. The molecular weight excluding hydrogens is 320 g/mol. The van der Waals surface area contributed by atoms with Gasteiger partial charge < -0.3 is 9.09 Å². The number of para-hydroxylation sites is 2. The molecule has 0 aliphatic heterocycles. The van der Waals surface area contributed by atoms with Gasteiger partial charge in [0.05, 0.1) is 11.0 Å².